The number of ether oxygens (including phenoxy) is 1. The monoisotopic (exact) mass is 196 g/mol. The van der Waals surface area contributed by atoms with E-state index in [1.807, 2.05) is 0 Å². The molecule has 5 heteroatoms. The molecule has 2 atom stereocenters. The highest BCUT2D eigenvalue weighted by molar-refractivity contribution is 5.71. The van der Waals surface area contributed by atoms with E-state index in [4.69, 9.17) is 9.84 Å². The van der Waals surface area contributed by atoms with Gasteiger partial charge in [-0.3, -0.25) is 9.48 Å². The number of aliphatic carboxylic acids is 1. The average Bonchev–Trinajstić information content (AvgIpc) is 2.70. The van der Waals surface area contributed by atoms with E-state index in [9.17, 15) is 4.79 Å². The Hall–Kier alpha value is -1.36. The summed E-state index contributed by atoms with van der Waals surface area (Å²) in [4.78, 5) is 10.9. The number of nitrogens with zero attached hydrogens (tertiary/aromatic N) is 2. The second kappa shape index (κ2) is 3.42. The fourth-order valence-electron chi connectivity index (χ4n) is 1.80. The number of hydrogen-bond acceptors (Lipinski definition) is 3. The molecular formula is C9H12N2O3. The van der Waals surface area contributed by atoms with Crippen LogP contribution in [0, 0.1) is 5.92 Å². The summed E-state index contributed by atoms with van der Waals surface area (Å²) in [7, 11) is 1.79. The highest BCUT2D eigenvalue weighted by atomic mass is 16.5. The van der Waals surface area contributed by atoms with Crippen LogP contribution in [0.25, 0.3) is 0 Å². The highest BCUT2D eigenvalue weighted by Crippen LogP contribution is 2.34. The van der Waals surface area contributed by atoms with Crippen LogP contribution in [0.1, 0.15) is 18.2 Å². The summed E-state index contributed by atoms with van der Waals surface area (Å²) in [6, 6.07) is 1.80. The Labute approximate surface area is 81.3 Å². The molecule has 1 aliphatic heterocycles. The van der Waals surface area contributed by atoms with Crippen molar-refractivity contribution in [2.24, 2.45) is 13.0 Å². The predicted octanol–water partition coefficient (Wildman–Crippen LogP) is 0.582. The fourth-order valence-corrected chi connectivity index (χ4v) is 1.80. The number of carbonyl (C=O) groups is 1. The van der Waals surface area contributed by atoms with Crippen molar-refractivity contribution in [1.82, 2.24) is 9.78 Å². The second-order valence-corrected chi connectivity index (χ2v) is 3.40. The summed E-state index contributed by atoms with van der Waals surface area (Å²) in [6.07, 6.45) is 1.88. The zero-order valence-corrected chi connectivity index (χ0v) is 7.88. The van der Waals surface area contributed by atoms with Gasteiger partial charge in [0, 0.05) is 19.9 Å². The van der Waals surface area contributed by atoms with Crippen molar-refractivity contribution >= 4 is 5.97 Å². The molecule has 0 aliphatic carbocycles. The van der Waals surface area contributed by atoms with Gasteiger partial charge in [0.25, 0.3) is 0 Å². The predicted molar refractivity (Wildman–Crippen MR) is 47.6 cm³/mol. The number of carboxylic acid groups (broad SMARTS) is 1. The number of rotatable bonds is 2. The molecule has 1 aromatic heterocycles. The highest BCUT2D eigenvalue weighted by Gasteiger charge is 2.36. The van der Waals surface area contributed by atoms with Gasteiger partial charge < -0.3 is 9.84 Å². The first-order valence-electron chi connectivity index (χ1n) is 4.52. The Balaban J connectivity index is 2.26. The van der Waals surface area contributed by atoms with E-state index in [0.29, 0.717) is 13.0 Å². The van der Waals surface area contributed by atoms with Gasteiger partial charge in [0.1, 0.15) is 6.10 Å². The van der Waals surface area contributed by atoms with Gasteiger partial charge in [-0.25, -0.2) is 0 Å². The van der Waals surface area contributed by atoms with Crippen molar-refractivity contribution in [3.63, 3.8) is 0 Å². The number of carboxylic acids is 1. The minimum Gasteiger partial charge on any atom is -0.481 e. The molecule has 0 saturated carbocycles. The second-order valence-electron chi connectivity index (χ2n) is 3.40. The van der Waals surface area contributed by atoms with Crippen molar-refractivity contribution < 1.29 is 14.6 Å². The largest absolute Gasteiger partial charge is 0.481 e. The maximum atomic E-state index is 10.9. The van der Waals surface area contributed by atoms with E-state index < -0.39 is 11.9 Å². The minimum absolute atomic E-state index is 0.347. The molecule has 2 heterocycles. The Kier molecular flexibility index (Phi) is 2.25. The first kappa shape index (κ1) is 9.21. The van der Waals surface area contributed by atoms with Gasteiger partial charge in [0.2, 0.25) is 0 Å². The number of aromatic nitrogens is 2. The molecule has 1 N–H and O–H groups in total. The van der Waals surface area contributed by atoms with Crippen LogP contribution in [0.4, 0.5) is 0 Å². The van der Waals surface area contributed by atoms with Crippen LogP contribution in [-0.2, 0) is 16.6 Å². The molecular weight excluding hydrogens is 184 g/mol. The SMILES string of the molecule is Cn1nccc1[C@@H]1OCC[C@@H]1C(=O)O. The first-order chi connectivity index (χ1) is 6.70. The third-order valence-corrected chi connectivity index (χ3v) is 2.56. The van der Waals surface area contributed by atoms with Crippen LogP contribution in [0.15, 0.2) is 12.3 Å². The summed E-state index contributed by atoms with van der Waals surface area (Å²) in [5.74, 6) is -1.24. The van der Waals surface area contributed by atoms with Gasteiger partial charge in [0.15, 0.2) is 0 Å². The molecule has 14 heavy (non-hydrogen) atoms. The Morgan fingerprint density at radius 2 is 2.57 bits per heavy atom. The first-order valence-corrected chi connectivity index (χ1v) is 4.52. The molecule has 0 spiro atoms. The maximum Gasteiger partial charge on any atom is 0.309 e. The normalized spacial score (nSPS) is 26.6. The van der Waals surface area contributed by atoms with Crippen molar-refractivity contribution in [1.29, 1.82) is 0 Å². The smallest absolute Gasteiger partial charge is 0.309 e. The van der Waals surface area contributed by atoms with Crippen molar-refractivity contribution in [3.8, 4) is 0 Å². The molecule has 1 saturated heterocycles. The molecule has 1 aromatic rings. The average molecular weight is 196 g/mol. The molecule has 76 valence electrons. The van der Waals surface area contributed by atoms with Crippen molar-refractivity contribution in [2.75, 3.05) is 6.61 Å². The third kappa shape index (κ3) is 1.39. The lowest BCUT2D eigenvalue weighted by atomic mass is 9.99. The molecule has 1 fully saturated rings. The van der Waals surface area contributed by atoms with Gasteiger partial charge in [0.05, 0.1) is 11.6 Å². The Morgan fingerprint density at radius 1 is 1.79 bits per heavy atom. The zero-order valence-electron chi connectivity index (χ0n) is 7.88. The van der Waals surface area contributed by atoms with Crippen LogP contribution in [0.3, 0.4) is 0 Å². The lowest BCUT2D eigenvalue weighted by Gasteiger charge is -2.14. The summed E-state index contributed by atoms with van der Waals surface area (Å²) < 4.78 is 7.07. The van der Waals surface area contributed by atoms with E-state index in [0.717, 1.165) is 5.69 Å². The summed E-state index contributed by atoms with van der Waals surface area (Å²) in [5.41, 5.74) is 0.829. The van der Waals surface area contributed by atoms with E-state index in [1.54, 1.807) is 24.0 Å². The van der Waals surface area contributed by atoms with Gasteiger partial charge in [-0.05, 0) is 12.5 Å². The number of aryl methyl sites for hydroxylation is 1. The fraction of sp³-hybridized carbons (Fsp3) is 0.556. The standard InChI is InChI=1S/C9H12N2O3/c1-11-7(2-4-10-11)8-6(9(12)13)3-5-14-8/h2,4,6,8H,3,5H2,1H3,(H,12,13)/t6-,8+/m0/s1. The quantitative estimate of drug-likeness (QED) is 0.751. The van der Waals surface area contributed by atoms with Crippen LogP contribution < -0.4 is 0 Å². The molecule has 0 unspecified atom stereocenters. The molecule has 0 radical (unpaired) electrons. The van der Waals surface area contributed by atoms with Crippen LogP contribution in [0.5, 0.6) is 0 Å². The summed E-state index contributed by atoms with van der Waals surface area (Å²) in [6.45, 7) is 0.507. The van der Waals surface area contributed by atoms with Gasteiger partial charge >= 0.3 is 5.97 Å². The Bertz CT molecular complexity index is 348. The maximum absolute atomic E-state index is 10.9. The molecule has 0 bridgehead atoms. The van der Waals surface area contributed by atoms with Crippen LogP contribution in [-0.4, -0.2) is 27.5 Å². The van der Waals surface area contributed by atoms with Crippen LogP contribution >= 0.6 is 0 Å². The molecule has 5 nitrogen and oxygen atoms in total. The topological polar surface area (TPSA) is 64.4 Å². The summed E-state index contributed by atoms with van der Waals surface area (Å²) in [5, 5.41) is 13.0. The summed E-state index contributed by atoms with van der Waals surface area (Å²) >= 11 is 0. The minimum atomic E-state index is -0.797. The van der Waals surface area contributed by atoms with E-state index in [1.165, 1.54) is 0 Å². The van der Waals surface area contributed by atoms with Crippen molar-refractivity contribution in [2.45, 2.75) is 12.5 Å². The van der Waals surface area contributed by atoms with E-state index in [-0.39, 0.29) is 6.10 Å². The molecule has 0 amide bonds. The van der Waals surface area contributed by atoms with Crippen LogP contribution in [0.2, 0.25) is 0 Å². The van der Waals surface area contributed by atoms with Gasteiger partial charge in [-0.2, -0.15) is 5.10 Å². The van der Waals surface area contributed by atoms with E-state index >= 15 is 0 Å². The van der Waals surface area contributed by atoms with Gasteiger partial charge in [-0.15, -0.1) is 0 Å². The van der Waals surface area contributed by atoms with E-state index in [2.05, 4.69) is 5.10 Å². The zero-order chi connectivity index (χ0) is 10.1. The lowest BCUT2D eigenvalue weighted by Crippen LogP contribution is -2.19. The molecule has 2 rings (SSSR count). The van der Waals surface area contributed by atoms with Crippen molar-refractivity contribution in [3.05, 3.63) is 18.0 Å². The molecule has 1 aliphatic rings. The van der Waals surface area contributed by atoms with Gasteiger partial charge in [-0.1, -0.05) is 0 Å². The third-order valence-electron chi connectivity index (χ3n) is 2.56. The molecule has 0 aromatic carbocycles. The Morgan fingerprint density at radius 3 is 3.14 bits per heavy atom. The lowest BCUT2D eigenvalue weighted by molar-refractivity contribution is -0.143. The number of hydrogen-bond donors (Lipinski definition) is 1.